The van der Waals surface area contributed by atoms with E-state index in [1.165, 1.54) is 18.2 Å². The summed E-state index contributed by atoms with van der Waals surface area (Å²) in [5.74, 6) is 0.166. The highest BCUT2D eigenvalue weighted by atomic mass is 19.1. The molecule has 2 fully saturated rings. The number of rotatable bonds is 6. The van der Waals surface area contributed by atoms with Crippen molar-refractivity contribution in [2.75, 3.05) is 39.8 Å². The maximum Gasteiger partial charge on any atom is 0.191 e. The quantitative estimate of drug-likeness (QED) is 0.588. The van der Waals surface area contributed by atoms with Crippen LogP contribution in [0.25, 0.3) is 0 Å². The Kier molecular flexibility index (Phi) is 6.65. The minimum Gasteiger partial charge on any atom is -0.374 e. The third-order valence-corrected chi connectivity index (χ3v) is 5.05. The van der Waals surface area contributed by atoms with E-state index in [1.807, 2.05) is 0 Å². The van der Waals surface area contributed by atoms with Gasteiger partial charge in [0, 0.05) is 50.7 Å². The number of hydrogen-bond acceptors (Lipinski definition) is 3. The lowest BCUT2D eigenvalue weighted by Gasteiger charge is -2.34. The minimum absolute atomic E-state index is 0.00712. The molecule has 1 saturated carbocycles. The van der Waals surface area contributed by atoms with Crippen LogP contribution >= 0.6 is 0 Å². The summed E-state index contributed by atoms with van der Waals surface area (Å²) >= 11 is 0. The maximum atomic E-state index is 13.9. The second-order valence-corrected chi connectivity index (χ2v) is 7.83. The molecule has 1 saturated heterocycles. The van der Waals surface area contributed by atoms with E-state index >= 15 is 0 Å². The summed E-state index contributed by atoms with van der Waals surface area (Å²) in [6, 6.07) is 4.01. The topological polar surface area (TPSA) is 48.9 Å². The molecule has 2 aliphatic rings. The standard InChI is InChI=1S/C20H30F2N4O/c1-13(2)11-26-7-8-27-14(12-26)10-24-20(23-3)25-18-9-15(18)19-16(21)5-4-6-17(19)22/h4-6,13-15,18H,7-12H2,1-3H3,(H2,23,24,25). The van der Waals surface area contributed by atoms with Gasteiger partial charge in [-0.2, -0.15) is 0 Å². The molecule has 0 radical (unpaired) electrons. The van der Waals surface area contributed by atoms with Crippen LogP contribution < -0.4 is 10.6 Å². The molecule has 27 heavy (non-hydrogen) atoms. The average Bonchev–Trinajstić information content (AvgIpc) is 3.37. The van der Waals surface area contributed by atoms with Gasteiger partial charge in [-0.15, -0.1) is 0 Å². The highest BCUT2D eigenvalue weighted by Crippen LogP contribution is 2.43. The summed E-state index contributed by atoms with van der Waals surface area (Å²) in [4.78, 5) is 6.66. The summed E-state index contributed by atoms with van der Waals surface area (Å²) in [6.45, 7) is 8.78. The molecule has 1 aromatic rings. The fourth-order valence-electron chi connectivity index (χ4n) is 3.71. The van der Waals surface area contributed by atoms with Crippen molar-refractivity contribution < 1.29 is 13.5 Å². The SMILES string of the molecule is CN=C(NCC1CN(CC(C)C)CCO1)NC1CC1c1c(F)cccc1F. The van der Waals surface area contributed by atoms with Crippen molar-refractivity contribution in [1.82, 2.24) is 15.5 Å². The van der Waals surface area contributed by atoms with Crippen LogP contribution in [0.5, 0.6) is 0 Å². The third kappa shape index (κ3) is 5.39. The molecule has 2 N–H and O–H groups in total. The zero-order valence-corrected chi connectivity index (χ0v) is 16.3. The van der Waals surface area contributed by atoms with Gasteiger partial charge in [-0.1, -0.05) is 19.9 Å². The van der Waals surface area contributed by atoms with E-state index in [0.717, 1.165) is 26.2 Å². The molecule has 1 aliphatic carbocycles. The van der Waals surface area contributed by atoms with Gasteiger partial charge in [-0.25, -0.2) is 8.78 Å². The molecule has 150 valence electrons. The van der Waals surface area contributed by atoms with Crippen molar-refractivity contribution >= 4 is 5.96 Å². The van der Waals surface area contributed by atoms with Crippen LogP contribution in [0.4, 0.5) is 8.78 Å². The molecule has 0 aromatic heterocycles. The van der Waals surface area contributed by atoms with E-state index in [1.54, 1.807) is 7.05 Å². The summed E-state index contributed by atoms with van der Waals surface area (Å²) < 4.78 is 33.7. The fraction of sp³-hybridized carbons (Fsp3) is 0.650. The van der Waals surface area contributed by atoms with Gasteiger partial charge in [0.25, 0.3) is 0 Å². The number of benzene rings is 1. The van der Waals surface area contributed by atoms with Crippen LogP contribution in [-0.4, -0.2) is 62.8 Å². The molecule has 7 heteroatoms. The van der Waals surface area contributed by atoms with Gasteiger partial charge in [0.2, 0.25) is 0 Å². The van der Waals surface area contributed by atoms with Gasteiger partial charge in [0.1, 0.15) is 11.6 Å². The molecule has 1 heterocycles. The van der Waals surface area contributed by atoms with Crippen molar-refractivity contribution in [3.05, 3.63) is 35.4 Å². The number of hydrogen-bond donors (Lipinski definition) is 2. The van der Waals surface area contributed by atoms with Crippen LogP contribution in [0.15, 0.2) is 23.2 Å². The largest absolute Gasteiger partial charge is 0.374 e. The molecule has 3 atom stereocenters. The second-order valence-electron chi connectivity index (χ2n) is 7.83. The van der Waals surface area contributed by atoms with Crippen LogP contribution in [0, 0.1) is 17.6 Å². The Morgan fingerprint density at radius 2 is 2.07 bits per heavy atom. The van der Waals surface area contributed by atoms with E-state index in [4.69, 9.17) is 4.74 Å². The van der Waals surface area contributed by atoms with Crippen LogP contribution in [0.2, 0.25) is 0 Å². The van der Waals surface area contributed by atoms with E-state index < -0.39 is 11.6 Å². The molecule has 0 bridgehead atoms. The Balaban J connectivity index is 1.47. The Morgan fingerprint density at radius 1 is 1.33 bits per heavy atom. The lowest BCUT2D eigenvalue weighted by Crippen LogP contribution is -2.50. The molecule has 0 spiro atoms. The van der Waals surface area contributed by atoms with Crippen molar-refractivity contribution in [3.63, 3.8) is 0 Å². The number of halogens is 2. The molecule has 1 aromatic carbocycles. The Morgan fingerprint density at radius 3 is 2.74 bits per heavy atom. The predicted molar refractivity (Wildman–Crippen MR) is 103 cm³/mol. The van der Waals surface area contributed by atoms with Gasteiger partial charge in [-0.05, 0) is 24.5 Å². The average molecular weight is 380 g/mol. The summed E-state index contributed by atoms with van der Waals surface area (Å²) in [6.07, 6.45) is 0.802. The van der Waals surface area contributed by atoms with Gasteiger partial charge < -0.3 is 15.4 Å². The molecular formula is C20H30F2N4O. The second kappa shape index (κ2) is 8.97. The Hall–Kier alpha value is -1.73. The first-order valence-electron chi connectivity index (χ1n) is 9.73. The summed E-state index contributed by atoms with van der Waals surface area (Å²) in [7, 11) is 1.70. The number of guanidine groups is 1. The first-order chi connectivity index (χ1) is 13.0. The van der Waals surface area contributed by atoms with E-state index in [0.29, 0.717) is 24.8 Å². The van der Waals surface area contributed by atoms with Crippen LogP contribution in [0.3, 0.4) is 0 Å². The first kappa shape index (κ1) is 20.0. The number of nitrogens with zero attached hydrogens (tertiary/aromatic N) is 2. The van der Waals surface area contributed by atoms with E-state index in [2.05, 4.69) is 34.4 Å². The number of morpholine rings is 1. The lowest BCUT2D eigenvalue weighted by atomic mass is 10.1. The van der Waals surface area contributed by atoms with Gasteiger partial charge in [0.15, 0.2) is 5.96 Å². The van der Waals surface area contributed by atoms with E-state index in [9.17, 15) is 8.78 Å². The Labute approximate surface area is 160 Å². The molecule has 3 rings (SSSR count). The predicted octanol–water partition coefficient (Wildman–Crippen LogP) is 2.34. The molecule has 3 unspecified atom stereocenters. The van der Waals surface area contributed by atoms with Crippen molar-refractivity contribution in [2.24, 2.45) is 10.9 Å². The minimum atomic E-state index is -0.479. The van der Waals surface area contributed by atoms with Gasteiger partial charge in [0.05, 0.1) is 12.7 Å². The third-order valence-electron chi connectivity index (χ3n) is 5.05. The smallest absolute Gasteiger partial charge is 0.191 e. The molecule has 0 amide bonds. The van der Waals surface area contributed by atoms with Gasteiger partial charge >= 0.3 is 0 Å². The van der Waals surface area contributed by atoms with Crippen molar-refractivity contribution in [1.29, 1.82) is 0 Å². The highest BCUT2D eigenvalue weighted by Gasteiger charge is 2.42. The van der Waals surface area contributed by atoms with E-state index in [-0.39, 0.29) is 23.6 Å². The Bertz CT molecular complexity index is 647. The number of ether oxygens (including phenoxy) is 1. The van der Waals surface area contributed by atoms with Crippen LogP contribution in [0.1, 0.15) is 31.7 Å². The number of aliphatic imine (C=N–C) groups is 1. The van der Waals surface area contributed by atoms with Crippen molar-refractivity contribution in [3.8, 4) is 0 Å². The number of nitrogens with one attached hydrogen (secondary N) is 2. The first-order valence-corrected chi connectivity index (χ1v) is 9.73. The zero-order valence-electron chi connectivity index (χ0n) is 16.3. The van der Waals surface area contributed by atoms with Crippen molar-refractivity contribution in [2.45, 2.75) is 38.3 Å². The summed E-state index contributed by atoms with van der Waals surface area (Å²) in [5.41, 5.74) is 0.172. The maximum absolute atomic E-state index is 13.9. The highest BCUT2D eigenvalue weighted by molar-refractivity contribution is 5.80. The van der Waals surface area contributed by atoms with Crippen LogP contribution in [-0.2, 0) is 4.74 Å². The molecule has 1 aliphatic heterocycles. The molecular weight excluding hydrogens is 350 g/mol. The normalized spacial score (nSPS) is 26.3. The fourth-order valence-corrected chi connectivity index (χ4v) is 3.71. The molecule has 5 nitrogen and oxygen atoms in total. The lowest BCUT2D eigenvalue weighted by molar-refractivity contribution is -0.0284. The van der Waals surface area contributed by atoms with Gasteiger partial charge in [-0.3, -0.25) is 9.89 Å². The summed E-state index contributed by atoms with van der Waals surface area (Å²) in [5, 5.41) is 6.55. The zero-order chi connectivity index (χ0) is 19.4. The monoisotopic (exact) mass is 380 g/mol.